The molecule has 0 aliphatic carbocycles. The van der Waals surface area contributed by atoms with Crippen LogP contribution in [0.4, 0.5) is 0 Å². The second kappa shape index (κ2) is 7.40. The first kappa shape index (κ1) is 17.5. The zero-order chi connectivity index (χ0) is 18.8. The first-order valence-electron chi connectivity index (χ1n) is 8.78. The van der Waals surface area contributed by atoms with E-state index in [0.29, 0.717) is 23.7 Å². The zero-order valence-corrected chi connectivity index (χ0v) is 15.6. The van der Waals surface area contributed by atoms with E-state index in [1.807, 2.05) is 48.2 Å². The molecule has 1 aliphatic heterocycles. The summed E-state index contributed by atoms with van der Waals surface area (Å²) in [5, 5.41) is 5.01. The number of carbonyl (C=O) groups excluding carboxylic acids is 1. The number of carbonyl (C=O) groups is 1. The molecule has 0 bridgehead atoms. The number of benzene rings is 1. The number of pyridine rings is 1. The summed E-state index contributed by atoms with van der Waals surface area (Å²) < 4.78 is 7.65. The van der Waals surface area contributed by atoms with Crippen LogP contribution in [0.1, 0.15) is 22.5 Å². The first-order chi connectivity index (χ1) is 13.1. The highest BCUT2D eigenvalue weighted by Gasteiger charge is 2.30. The van der Waals surface area contributed by atoms with Crippen LogP contribution in [0.15, 0.2) is 55.0 Å². The molecule has 138 valence electrons. The number of amides is 1. The van der Waals surface area contributed by atoms with Crippen molar-refractivity contribution in [3.63, 3.8) is 0 Å². The van der Waals surface area contributed by atoms with Gasteiger partial charge in [-0.25, -0.2) is 4.68 Å². The third kappa shape index (κ3) is 3.66. The van der Waals surface area contributed by atoms with Crippen LogP contribution in [0.25, 0.3) is 5.69 Å². The Balaban J connectivity index is 1.47. The van der Waals surface area contributed by atoms with Crippen LogP contribution >= 0.6 is 11.6 Å². The second-order valence-corrected chi connectivity index (χ2v) is 6.94. The molecule has 0 radical (unpaired) electrons. The Kier molecular flexibility index (Phi) is 4.81. The van der Waals surface area contributed by atoms with Gasteiger partial charge in [0.15, 0.2) is 0 Å². The minimum atomic E-state index is -0.0296. The molecule has 6 nitrogen and oxygen atoms in total. The summed E-state index contributed by atoms with van der Waals surface area (Å²) >= 11 is 6.07. The minimum Gasteiger partial charge on any atom is -0.487 e. The number of likely N-dealkylation sites (tertiary alicyclic amines) is 1. The number of rotatable bonds is 4. The number of halogens is 1. The number of nitrogens with zero attached hydrogens (tertiary/aromatic N) is 4. The second-order valence-electron chi connectivity index (χ2n) is 6.50. The maximum absolute atomic E-state index is 13.0. The topological polar surface area (TPSA) is 60.3 Å². The number of hydrogen-bond donors (Lipinski definition) is 0. The summed E-state index contributed by atoms with van der Waals surface area (Å²) in [7, 11) is 0. The molecule has 1 fully saturated rings. The lowest BCUT2D eigenvalue weighted by molar-refractivity contribution is 0.0771. The van der Waals surface area contributed by atoms with Gasteiger partial charge in [-0.3, -0.25) is 9.78 Å². The Hall–Kier alpha value is -2.86. The Bertz CT molecular complexity index is 958. The molecule has 27 heavy (non-hydrogen) atoms. The van der Waals surface area contributed by atoms with E-state index in [-0.39, 0.29) is 12.0 Å². The van der Waals surface area contributed by atoms with Crippen LogP contribution in [-0.2, 0) is 0 Å². The van der Waals surface area contributed by atoms with Gasteiger partial charge in [-0.15, -0.1) is 0 Å². The van der Waals surface area contributed by atoms with E-state index >= 15 is 0 Å². The van der Waals surface area contributed by atoms with Gasteiger partial charge in [0, 0.05) is 24.2 Å². The maximum atomic E-state index is 13.0. The predicted octanol–water partition coefficient (Wildman–Crippen LogP) is 3.52. The van der Waals surface area contributed by atoms with E-state index in [4.69, 9.17) is 16.3 Å². The smallest absolute Gasteiger partial charge is 0.257 e. The lowest BCUT2D eigenvalue weighted by atomic mass is 10.2. The standard InChI is InChI=1S/C20H19ClN4O2/c1-14-19(12-23-25(14)16-5-2-4-15(21)10-16)20(26)24-9-7-18(13-24)27-17-6-3-8-22-11-17/h2-6,8,10-12,18H,7,9,13H2,1H3. The molecule has 0 N–H and O–H groups in total. The molecule has 1 saturated heterocycles. The largest absolute Gasteiger partial charge is 0.487 e. The van der Waals surface area contributed by atoms with E-state index in [0.717, 1.165) is 23.6 Å². The highest BCUT2D eigenvalue weighted by molar-refractivity contribution is 6.30. The van der Waals surface area contributed by atoms with Crippen molar-refractivity contribution in [1.29, 1.82) is 0 Å². The van der Waals surface area contributed by atoms with Gasteiger partial charge in [0.2, 0.25) is 0 Å². The molecule has 3 aromatic rings. The summed E-state index contributed by atoms with van der Waals surface area (Å²) in [6, 6.07) is 11.1. The van der Waals surface area contributed by atoms with E-state index in [9.17, 15) is 4.79 Å². The zero-order valence-electron chi connectivity index (χ0n) is 14.9. The van der Waals surface area contributed by atoms with Gasteiger partial charge in [0.25, 0.3) is 5.91 Å². The molecule has 7 heteroatoms. The van der Waals surface area contributed by atoms with Crippen molar-refractivity contribution in [3.05, 3.63) is 71.3 Å². The minimum absolute atomic E-state index is 0.0265. The average Bonchev–Trinajstić information content (AvgIpc) is 3.29. The average molecular weight is 383 g/mol. The van der Waals surface area contributed by atoms with Crippen LogP contribution in [0.3, 0.4) is 0 Å². The van der Waals surface area contributed by atoms with Gasteiger partial charge in [0.05, 0.1) is 35.9 Å². The third-order valence-corrected chi connectivity index (χ3v) is 4.90. The molecule has 0 saturated carbocycles. The molecular formula is C20H19ClN4O2. The fourth-order valence-corrected chi connectivity index (χ4v) is 3.46. The van der Waals surface area contributed by atoms with E-state index in [2.05, 4.69) is 10.1 Å². The van der Waals surface area contributed by atoms with Gasteiger partial charge >= 0.3 is 0 Å². The van der Waals surface area contributed by atoms with Crippen molar-refractivity contribution in [1.82, 2.24) is 19.7 Å². The number of ether oxygens (including phenoxy) is 1. The maximum Gasteiger partial charge on any atom is 0.257 e. The van der Waals surface area contributed by atoms with Crippen molar-refractivity contribution in [2.24, 2.45) is 0 Å². The molecule has 4 rings (SSSR count). The van der Waals surface area contributed by atoms with Gasteiger partial charge in [-0.05, 0) is 37.3 Å². The SMILES string of the molecule is Cc1c(C(=O)N2CCC(Oc3cccnc3)C2)cnn1-c1cccc(Cl)c1. The van der Waals surface area contributed by atoms with E-state index in [1.54, 1.807) is 23.3 Å². The predicted molar refractivity (Wildman–Crippen MR) is 102 cm³/mol. The summed E-state index contributed by atoms with van der Waals surface area (Å²) in [5.41, 5.74) is 2.22. The number of hydrogen-bond acceptors (Lipinski definition) is 4. The van der Waals surface area contributed by atoms with Crippen LogP contribution < -0.4 is 4.74 Å². The van der Waals surface area contributed by atoms with Crippen molar-refractivity contribution in [2.75, 3.05) is 13.1 Å². The Morgan fingerprint density at radius 3 is 2.93 bits per heavy atom. The Labute approximate surface area is 162 Å². The lowest BCUT2D eigenvalue weighted by Gasteiger charge is -2.17. The molecule has 1 atom stereocenters. The van der Waals surface area contributed by atoms with Crippen molar-refractivity contribution >= 4 is 17.5 Å². The summed E-state index contributed by atoms with van der Waals surface area (Å²) in [6.07, 6.45) is 5.78. The highest BCUT2D eigenvalue weighted by Crippen LogP contribution is 2.22. The van der Waals surface area contributed by atoms with Crippen molar-refractivity contribution in [2.45, 2.75) is 19.4 Å². The molecule has 1 unspecified atom stereocenters. The fourth-order valence-electron chi connectivity index (χ4n) is 3.28. The monoisotopic (exact) mass is 382 g/mol. The Morgan fingerprint density at radius 2 is 2.15 bits per heavy atom. The van der Waals surface area contributed by atoms with Crippen LogP contribution in [0.2, 0.25) is 5.02 Å². The van der Waals surface area contributed by atoms with E-state index < -0.39 is 0 Å². The highest BCUT2D eigenvalue weighted by atomic mass is 35.5. The van der Waals surface area contributed by atoms with Gasteiger partial charge in [-0.2, -0.15) is 5.10 Å². The summed E-state index contributed by atoms with van der Waals surface area (Å²) in [6.45, 7) is 3.10. The summed E-state index contributed by atoms with van der Waals surface area (Å²) in [5.74, 6) is 0.694. The molecule has 2 aromatic heterocycles. The van der Waals surface area contributed by atoms with Gasteiger partial charge in [-0.1, -0.05) is 17.7 Å². The molecular weight excluding hydrogens is 364 g/mol. The Morgan fingerprint density at radius 1 is 1.26 bits per heavy atom. The summed E-state index contributed by atoms with van der Waals surface area (Å²) in [4.78, 5) is 18.8. The van der Waals surface area contributed by atoms with Crippen LogP contribution in [0, 0.1) is 6.92 Å². The molecule has 1 aromatic carbocycles. The lowest BCUT2D eigenvalue weighted by Crippen LogP contribution is -2.31. The third-order valence-electron chi connectivity index (χ3n) is 4.66. The molecule has 1 amide bonds. The van der Waals surface area contributed by atoms with Gasteiger partial charge < -0.3 is 9.64 Å². The van der Waals surface area contributed by atoms with E-state index in [1.165, 1.54) is 0 Å². The molecule has 0 spiro atoms. The number of aromatic nitrogens is 3. The quantitative estimate of drug-likeness (QED) is 0.692. The van der Waals surface area contributed by atoms with Crippen molar-refractivity contribution in [3.8, 4) is 11.4 Å². The molecule has 1 aliphatic rings. The normalized spacial score (nSPS) is 16.5. The van der Waals surface area contributed by atoms with Crippen LogP contribution in [0.5, 0.6) is 5.75 Å². The first-order valence-corrected chi connectivity index (χ1v) is 9.16. The fraction of sp³-hybridized carbons (Fsp3) is 0.250. The van der Waals surface area contributed by atoms with Gasteiger partial charge in [0.1, 0.15) is 11.9 Å². The molecule has 3 heterocycles. The van der Waals surface area contributed by atoms with Crippen molar-refractivity contribution < 1.29 is 9.53 Å². The van der Waals surface area contributed by atoms with Crippen LogP contribution in [-0.4, -0.2) is 44.8 Å².